The van der Waals surface area contributed by atoms with Crippen LogP contribution in [-0.4, -0.2) is 24.8 Å². The van der Waals surface area contributed by atoms with Gasteiger partial charge in [0, 0.05) is 17.5 Å². The molecule has 2 aliphatic rings. The molecule has 0 radical (unpaired) electrons. The van der Waals surface area contributed by atoms with Crippen LogP contribution in [0.2, 0.25) is 0 Å². The van der Waals surface area contributed by atoms with Crippen LogP contribution in [0, 0.1) is 12.3 Å². The fourth-order valence-corrected chi connectivity index (χ4v) is 5.85. The van der Waals surface area contributed by atoms with Crippen LogP contribution in [0.5, 0.6) is 0 Å². The number of hydrogen-bond donors (Lipinski definition) is 0. The molecule has 1 saturated carbocycles. The third kappa shape index (κ3) is 1.77. The lowest BCUT2D eigenvalue weighted by Gasteiger charge is -2.65. The molecular formula is C16H23NO2S. The molecule has 1 aromatic rings. The highest BCUT2D eigenvalue weighted by atomic mass is 32.2. The highest BCUT2D eigenvalue weighted by Crippen LogP contribution is 2.57. The third-order valence-electron chi connectivity index (χ3n) is 5.59. The second kappa shape index (κ2) is 4.31. The van der Waals surface area contributed by atoms with Crippen molar-refractivity contribution in [2.75, 3.05) is 6.54 Å². The molecule has 1 aliphatic carbocycles. The summed E-state index contributed by atoms with van der Waals surface area (Å²) in [4.78, 5) is 0.428. The van der Waals surface area contributed by atoms with E-state index >= 15 is 0 Å². The van der Waals surface area contributed by atoms with Crippen LogP contribution in [0.25, 0.3) is 0 Å². The molecule has 1 saturated heterocycles. The molecule has 0 aromatic heterocycles. The van der Waals surface area contributed by atoms with Gasteiger partial charge in [0.05, 0.1) is 4.90 Å². The summed E-state index contributed by atoms with van der Waals surface area (Å²) < 4.78 is 27.4. The van der Waals surface area contributed by atoms with Crippen LogP contribution >= 0.6 is 0 Å². The number of rotatable bonds is 2. The Morgan fingerprint density at radius 3 is 2.25 bits per heavy atom. The van der Waals surface area contributed by atoms with Gasteiger partial charge in [-0.05, 0) is 38.8 Å². The quantitative estimate of drug-likeness (QED) is 0.838. The minimum absolute atomic E-state index is 0.156. The van der Waals surface area contributed by atoms with Gasteiger partial charge in [-0.3, -0.25) is 0 Å². The average Bonchev–Trinajstić information content (AvgIpc) is 2.39. The average molecular weight is 293 g/mol. The SMILES string of the molecule is Cc1ccc(S(=O)(=O)N2CC3(C)CCCCC23C)cc1. The molecule has 110 valence electrons. The normalized spacial score (nSPS) is 34.4. The Kier molecular flexibility index (Phi) is 3.04. The molecule has 3 rings (SSSR count). The van der Waals surface area contributed by atoms with Crippen LogP contribution in [0.3, 0.4) is 0 Å². The molecule has 3 nitrogen and oxygen atoms in total. The summed E-state index contributed by atoms with van der Waals surface area (Å²) in [6.45, 7) is 7.01. The van der Waals surface area contributed by atoms with E-state index in [1.165, 1.54) is 6.42 Å². The van der Waals surface area contributed by atoms with E-state index in [-0.39, 0.29) is 11.0 Å². The summed E-state index contributed by atoms with van der Waals surface area (Å²) in [6.07, 6.45) is 4.48. The zero-order valence-corrected chi connectivity index (χ0v) is 13.3. The van der Waals surface area contributed by atoms with E-state index in [4.69, 9.17) is 0 Å². The number of benzene rings is 1. The number of hydrogen-bond acceptors (Lipinski definition) is 2. The second-order valence-electron chi connectivity index (χ2n) is 6.87. The van der Waals surface area contributed by atoms with Crippen LogP contribution in [-0.2, 0) is 10.0 Å². The van der Waals surface area contributed by atoms with E-state index in [1.807, 2.05) is 19.1 Å². The molecule has 0 bridgehead atoms. The number of nitrogens with zero attached hydrogens (tertiary/aromatic N) is 1. The van der Waals surface area contributed by atoms with Crippen LogP contribution in [0.4, 0.5) is 0 Å². The van der Waals surface area contributed by atoms with Crippen molar-refractivity contribution in [3.8, 4) is 0 Å². The Labute approximate surface area is 122 Å². The van der Waals surface area contributed by atoms with E-state index < -0.39 is 10.0 Å². The first kappa shape index (κ1) is 14.1. The lowest BCUT2D eigenvalue weighted by molar-refractivity contribution is -0.110. The largest absolute Gasteiger partial charge is 0.243 e. The topological polar surface area (TPSA) is 37.4 Å². The van der Waals surface area contributed by atoms with Gasteiger partial charge in [-0.15, -0.1) is 0 Å². The molecule has 0 spiro atoms. The smallest absolute Gasteiger partial charge is 0.207 e. The van der Waals surface area contributed by atoms with Crippen LogP contribution < -0.4 is 0 Å². The lowest BCUT2D eigenvalue weighted by atomic mass is 9.57. The summed E-state index contributed by atoms with van der Waals surface area (Å²) in [5.41, 5.74) is 1.04. The van der Waals surface area contributed by atoms with Crippen molar-refractivity contribution >= 4 is 10.0 Å². The monoisotopic (exact) mass is 293 g/mol. The molecule has 1 aliphatic heterocycles. The first-order valence-corrected chi connectivity index (χ1v) is 8.83. The zero-order valence-electron chi connectivity index (χ0n) is 12.5. The fourth-order valence-electron chi connectivity index (χ4n) is 3.82. The summed E-state index contributed by atoms with van der Waals surface area (Å²) in [5, 5.41) is 0. The predicted octanol–water partition coefficient (Wildman–Crippen LogP) is 3.34. The van der Waals surface area contributed by atoms with Gasteiger partial charge in [-0.1, -0.05) is 37.5 Å². The van der Waals surface area contributed by atoms with Gasteiger partial charge in [0.1, 0.15) is 0 Å². The Morgan fingerprint density at radius 1 is 1.05 bits per heavy atom. The summed E-state index contributed by atoms with van der Waals surface area (Å²) in [6, 6.07) is 7.20. The highest BCUT2D eigenvalue weighted by Gasteiger charge is 2.63. The van der Waals surface area contributed by atoms with Gasteiger partial charge in [-0.25, -0.2) is 8.42 Å². The minimum atomic E-state index is -3.35. The van der Waals surface area contributed by atoms with Crippen molar-refractivity contribution in [2.45, 2.75) is 56.9 Å². The summed E-state index contributed by atoms with van der Waals surface area (Å²) >= 11 is 0. The molecule has 1 aromatic carbocycles. The second-order valence-corrected chi connectivity index (χ2v) is 8.73. The Balaban J connectivity index is 1.96. The van der Waals surface area contributed by atoms with E-state index in [0.717, 1.165) is 24.8 Å². The molecule has 0 N–H and O–H groups in total. The van der Waals surface area contributed by atoms with Crippen molar-refractivity contribution in [3.05, 3.63) is 29.8 Å². The summed E-state index contributed by atoms with van der Waals surface area (Å²) in [5.74, 6) is 0. The lowest BCUT2D eigenvalue weighted by Crippen LogP contribution is -2.73. The molecule has 1 heterocycles. The van der Waals surface area contributed by atoms with Crippen molar-refractivity contribution in [1.82, 2.24) is 4.31 Å². The number of aryl methyl sites for hydroxylation is 1. The molecule has 4 heteroatoms. The molecule has 20 heavy (non-hydrogen) atoms. The minimum Gasteiger partial charge on any atom is -0.207 e. The van der Waals surface area contributed by atoms with Gasteiger partial charge in [-0.2, -0.15) is 4.31 Å². The first-order chi connectivity index (χ1) is 9.30. The van der Waals surface area contributed by atoms with Gasteiger partial charge < -0.3 is 0 Å². The highest BCUT2D eigenvalue weighted by molar-refractivity contribution is 7.89. The Hall–Kier alpha value is -0.870. The van der Waals surface area contributed by atoms with Crippen LogP contribution in [0.1, 0.15) is 45.1 Å². The maximum Gasteiger partial charge on any atom is 0.243 e. The van der Waals surface area contributed by atoms with Crippen molar-refractivity contribution in [1.29, 1.82) is 0 Å². The first-order valence-electron chi connectivity index (χ1n) is 7.39. The van der Waals surface area contributed by atoms with E-state index in [1.54, 1.807) is 16.4 Å². The third-order valence-corrected chi connectivity index (χ3v) is 7.57. The van der Waals surface area contributed by atoms with Crippen molar-refractivity contribution < 1.29 is 8.42 Å². The fraction of sp³-hybridized carbons (Fsp3) is 0.625. The van der Waals surface area contributed by atoms with E-state index in [2.05, 4.69) is 13.8 Å². The van der Waals surface area contributed by atoms with Gasteiger partial charge in [0.15, 0.2) is 0 Å². The Bertz CT molecular complexity index is 622. The standard InChI is InChI=1S/C16H23NO2S/c1-13-6-8-14(9-7-13)20(18,19)17-12-15(2)10-4-5-11-16(15,17)3/h6-9H,4-5,10-12H2,1-3H3. The van der Waals surface area contributed by atoms with Crippen molar-refractivity contribution in [2.24, 2.45) is 5.41 Å². The van der Waals surface area contributed by atoms with Gasteiger partial charge >= 0.3 is 0 Å². The van der Waals surface area contributed by atoms with Gasteiger partial charge in [0.25, 0.3) is 0 Å². The molecule has 0 amide bonds. The van der Waals surface area contributed by atoms with E-state index in [0.29, 0.717) is 11.4 Å². The molecule has 2 fully saturated rings. The Morgan fingerprint density at radius 2 is 1.65 bits per heavy atom. The molecule has 2 atom stereocenters. The van der Waals surface area contributed by atoms with Crippen LogP contribution in [0.15, 0.2) is 29.2 Å². The number of sulfonamides is 1. The molecular weight excluding hydrogens is 270 g/mol. The molecule has 2 unspecified atom stereocenters. The predicted molar refractivity (Wildman–Crippen MR) is 80.1 cm³/mol. The summed E-state index contributed by atoms with van der Waals surface area (Å²) in [7, 11) is -3.35. The van der Waals surface area contributed by atoms with E-state index in [9.17, 15) is 8.42 Å². The zero-order chi connectivity index (χ0) is 14.6. The van der Waals surface area contributed by atoms with Gasteiger partial charge in [0.2, 0.25) is 10.0 Å². The number of fused-ring (bicyclic) bond motifs is 1. The maximum absolute atomic E-state index is 12.9. The maximum atomic E-state index is 12.9. The van der Waals surface area contributed by atoms with Crippen molar-refractivity contribution in [3.63, 3.8) is 0 Å².